The maximum Gasteiger partial charge on any atom is 0.145 e. The largest absolute Gasteiger partial charge is 0.308 e. The molecule has 0 bridgehead atoms. The van der Waals surface area contributed by atoms with Gasteiger partial charge in [-0.2, -0.15) is 0 Å². The van der Waals surface area contributed by atoms with E-state index in [1.165, 1.54) is 24.6 Å². The molecule has 4 heteroatoms. The Morgan fingerprint density at radius 3 is 2.85 bits per heavy atom. The van der Waals surface area contributed by atoms with Crippen LogP contribution < -0.4 is 11.3 Å². The van der Waals surface area contributed by atoms with E-state index in [2.05, 4.69) is 34.5 Å². The molecule has 0 unspecified atom stereocenters. The topological polar surface area (TPSA) is 54.2 Å². The van der Waals surface area contributed by atoms with Gasteiger partial charge in [0.15, 0.2) is 0 Å². The van der Waals surface area contributed by atoms with E-state index < -0.39 is 0 Å². The predicted molar refractivity (Wildman–Crippen MR) is 83.2 cm³/mol. The van der Waals surface area contributed by atoms with Gasteiger partial charge in [-0.25, -0.2) is 10.8 Å². The minimum atomic E-state index is 0.782. The number of benzene rings is 1. The summed E-state index contributed by atoms with van der Waals surface area (Å²) in [5, 5.41) is 1.17. The normalized spacial score (nSPS) is 15.6. The number of hydrazine groups is 1. The van der Waals surface area contributed by atoms with E-state index in [9.17, 15) is 0 Å². The van der Waals surface area contributed by atoms with E-state index in [1.54, 1.807) is 0 Å². The van der Waals surface area contributed by atoms with Crippen molar-refractivity contribution in [2.45, 2.75) is 25.8 Å². The van der Waals surface area contributed by atoms with Gasteiger partial charge in [0.25, 0.3) is 0 Å². The minimum absolute atomic E-state index is 0.782. The molecule has 3 N–H and O–H groups in total. The smallest absolute Gasteiger partial charge is 0.145 e. The van der Waals surface area contributed by atoms with Gasteiger partial charge in [-0.1, -0.05) is 24.6 Å². The monoisotopic (exact) mass is 270 g/mol. The molecule has 3 rings (SSSR count). The molecule has 1 aliphatic rings. The van der Waals surface area contributed by atoms with Crippen molar-refractivity contribution >= 4 is 16.7 Å². The molecule has 20 heavy (non-hydrogen) atoms. The molecule has 0 radical (unpaired) electrons. The molecule has 106 valence electrons. The molecule has 1 aromatic heterocycles. The summed E-state index contributed by atoms with van der Waals surface area (Å²) in [6.07, 6.45) is 4.15. The van der Waals surface area contributed by atoms with Gasteiger partial charge in [-0.05, 0) is 37.9 Å². The second-order valence-corrected chi connectivity index (χ2v) is 5.83. The molecular weight excluding hydrogens is 248 g/mol. The molecule has 0 aliphatic heterocycles. The molecule has 0 atom stereocenters. The number of hydrogen-bond donors (Lipinski definition) is 2. The van der Waals surface area contributed by atoms with Crippen LogP contribution in [0, 0.1) is 5.92 Å². The maximum atomic E-state index is 5.62. The summed E-state index contributed by atoms with van der Waals surface area (Å²) in [7, 11) is 2.17. The van der Waals surface area contributed by atoms with Crippen molar-refractivity contribution in [1.82, 2.24) is 9.88 Å². The van der Waals surface area contributed by atoms with Crippen LogP contribution in [-0.4, -0.2) is 23.5 Å². The lowest BCUT2D eigenvalue weighted by Crippen LogP contribution is -2.29. The van der Waals surface area contributed by atoms with Crippen molar-refractivity contribution < 1.29 is 0 Å². The molecule has 1 aliphatic carbocycles. The zero-order valence-corrected chi connectivity index (χ0v) is 12.0. The fraction of sp³-hybridized carbons (Fsp3) is 0.438. The Bertz CT molecular complexity index is 592. The quantitative estimate of drug-likeness (QED) is 0.648. The van der Waals surface area contributed by atoms with Gasteiger partial charge in [0.2, 0.25) is 0 Å². The third kappa shape index (κ3) is 2.76. The van der Waals surface area contributed by atoms with Gasteiger partial charge in [-0.15, -0.1) is 0 Å². The summed E-state index contributed by atoms with van der Waals surface area (Å²) in [6, 6.07) is 10.3. The number of aromatic nitrogens is 1. The Morgan fingerprint density at radius 1 is 1.35 bits per heavy atom. The highest BCUT2D eigenvalue weighted by Gasteiger charge is 2.19. The van der Waals surface area contributed by atoms with Crippen LogP contribution in [0.3, 0.4) is 0 Å². The molecule has 4 nitrogen and oxygen atoms in total. The van der Waals surface area contributed by atoms with Gasteiger partial charge in [-0.3, -0.25) is 0 Å². The number of nitrogens with zero attached hydrogens (tertiary/aromatic N) is 2. The first-order chi connectivity index (χ1) is 9.76. The van der Waals surface area contributed by atoms with Crippen LogP contribution in [-0.2, 0) is 6.54 Å². The van der Waals surface area contributed by atoms with Crippen LogP contribution >= 0.6 is 0 Å². The number of hydrogen-bond acceptors (Lipinski definition) is 4. The maximum absolute atomic E-state index is 5.62. The van der Waals surface area contributed by atoms with Crippen molar-refractivity contribution in [1.29, 1.82) is 0 Å². The van der Waals surface area contributed by atoms with Gasteiger partial charge < -0.3 is 10.3 Å². The van der Waals surface area contributed by atoms with E-state index >= 15 is 0 Å². The molecule has 1 aromatic carbocycles. The molecule has 0 amide bonds. The van der Waals surface area contributed by atoms with Gasteiger partial charge in [0.05, 0.1) is 5.52 Å². The lowest BCUT2D eigenvalue weighted by Gasteiger charge is -2.30. The summed E-state index contributed by atoms with van der Waals surface area (Å²) in [6.45, 7) is 2.05. The number of pyridine rings is 1. The van der Waals surface area contributed by atoms with Gasteiger partial charge in [0, 0.05) is 24.0 Å². The Morgan fingerprint density at radius 2 is 2.15 bits per heavy atom. The molecule has 1 heterocycles. The highest BCUT2D eigenvalue weighted by molar-refractivity contribution is 5.81. The minimum Gasteiger partial charge on any atom is -0.308 e. The molecule has 0 spiro atoms. The summed E-state index contributed by atoms with van der Waals surface area (Å²) in [5.74, 6) is 7.28. The molecule has 0 saturated heterocycles. The molecular formula is C16H22N4. The second kappa shape index (κ2) is 5.77. The van der Waals surface area contributed by atoms with Crippen molar-refractivity contribution in [3.8, 4) is 0 Å². The lowest BCUT2D eigenvalue weighted by atomic mass is 9.85. The average Bonchev–Trinajstić information content (AvgIpc) is 2.42. The van der Waals surface area contributed by atoms with Gasteiger partial charge >= 0.3 is 0 Å². The zero-order chi connectivity index (χ0) is 13.9. The fourth-order valence-electron chi connectivity index (χ4n) is 2.88. The number of nitrogens with one attached hydrogen (secondary N) is 1. The highest BCUT2D eigenvalue weighted by Crippen LogP contribution is 2.28. The first kappa shape index (κ1) is 13.3. The number of nitrogens with two attached hydrogens (primary N) is 1. The summed E-state index contributed by atoms with van der Waals surface area (Å²) >= 11 is 0. The Hall–Kier alpha value is -1.65. The van der Waals surface area contributed by atoms with E-state index in [4.69, 9.17) is 5.84 Å². The number of anilines is 1. The van der Waals surface area contributed by atoms with E-state index in [0.29, 0.717) is 0 Å². The average molecular weight is 270 g/mol. The first-order valence-electron chi connectivity index (χ1n) is 7.30. The highest BCUT2D eigenvalue weighted by atomic mass is 15.3. The lowest BCUT2D eigenvalue weighted by molar-refractivity contribution is 0.200. The van der Waals surface area contributed by atoms with E-state index in [0.717, 1.165) is 35.9 Å². The van der Waals surface area contributed by atoms with Crippen LogP contribution in [0.1, 0.15) is 24.8 Å². The molecule has 1 saturated carbocycles. The number of para-hydroxylation sites is 1. The SMILES string of the molecule is CN(Cc1cc2ccccc2nc1NN)CC1CCC1. The Kier molecular flexibility index (Phi) is 3.85. The van der Waals surface area contributed by atoms with Crippen molar-refractivity contribution in [3.05, 3.63) is 35.9 Å². The zero-order valence-electron chi connectivity index (χ0n) is 12.0. The Balaban J connectivity index is 1.81. The fourth-order valence-corrected chi connectivity index (χ4v) is 2.88. The van der Waals surface area contributed by atoms with Crippen LogP contribution in [0.5, 0.6) is 0 Å². The summed E-state index contributed by atoms with van der Waals surface area (Å²) in [5.41, 5.74) is 4.87. The standard InChI is InChI=1S/C16H22N4/c1-20(10-12-5-4-6-12)11-14-9-13-7-2-3-8-15(13)18-16(14)19-17/h2-3,7-9,12H,4-6,10-11,17H2,1H3,(H,18,19). The number of nitrogen functional groups attached to an aromatic ring is 1. The number of rotatable bonds is 5. The van der Waals surface area contributed by atoms with Crippen molar-refractivity contribution in [2.24, 2.45) is 11.8 Å². The Labute approximate surface area is 120 Å². The van der Waals surface area contributed by atoms with Crippen molar-refractivity contribution in [2.75, 3.05) is 19.0 Å². The van der Waals surface area contributed by atoms with Crippen LogP contribution in [0.2, 0.25) is 0 Å². The summed E-state index contributed by atoms with van der Waals surface area (Å²) < 4.78 is 0. The predicted octanol–water partition coefficient (Wildman–Crippen LogP) is 2.75. The van der Waals surface area contributed by atoms with E-state index in [-0.39, 0.29) is 0 Å². The third-order valence-electron chi connectivity index (χ3n) is 4.17. The number of fused-ring (bicyclic) bond motifs is 1. The van der Waals surface area contributed by atoms with E-state index in [1.807, 2.05) is 18.2 Å². The summed E-state index contributed by atoms with van der Waals surface area (Å²) in [4.78, 5) is 6.97. The third-order valence-corrected chi connectivity index (χ3v) is 4.17. The molecule has 1 fully saturated rings. The second-order valence-electron chi connectivity index (χ2n) is 5.83. The van der Waals surface area contributed by atoms with Crippen LogP contribution in [0.15, 0.2) is 30.3 Å². The first-order valence-corrected chi connectivity index (χ1v) is 7.30. The van der Waals surface area contributed by atoms with Crippen LogP contribution in [0.25, 0.3) is 10.9 Å². The van der Waals surface area contributed by atoms with Gasteiger partial charge in [0.1, 0.15) is 5.82 Å². The molecule has 2 aromatic rings. The van der Waals surface area contributed by atoms with Crippen LogP contribution in [0.4, 0.5) is 5.82 Å². The van der Waals surface area contributed by atoms with Crippen molar-refractivity contribution in [3.63, 3.8) is 0 Å².